The molecule has 6 nitrogen and oxygen atoms in total. The summed E-state index contributed by atoms with van der Waals surface area (Å²) in [6, 6.07) is 2.87. The maximum absolute atomic E-state index is 10.4. The maximum atomic E-state index is 10.4. The summed E-state index contributed by atoms with van der Waals surface area (Å²) in [6.07, 6.45) is 0. The van der Waals surface area contributed by atoms with Crippen LogP contribution in [0.2, 0.25) is 0 Å². The van der Waals surface area contributed by atoms with Gasteiger partial charge in [0.15, 0.2) is 11.1 Å². The standard InChI is InChI=1S/C6H4NO5P.Na.H/c8-6-2-1-4(13(11)12)3-5(6)7(9)10;;/h1-3,8H;;/q;+1;-1. The molecule has 1 N–H and O–H groups in total. The Bertz CT molecular complexity index is 388. The summed E-state index contributed by atoms with van der Waals surface area (Å²) in [5.41, 5.74) is -0.614. The molecule has 1 aromatic rings. The van der Waals surface area contributed by atoms with Crippen molar-refractivity contribution in [2.24, 2.45) is 0 Å². The van der Waals surface area contributed by atoms with E-state index in [2.05, 4.69) is 0 Å². The van der Waals surface area contributed by atoms with Crippen LogP contribution in [0, 0.1) is 10.1 Å². The number of phenols is 1. The fourth-order valence-corrected chi connectivity index (χ4v) is 1.20. The van der Waals surface area contributed by atoms with Gasteiger partial charge in [-0.1, -0.05) is 4.57 Å². The Balaban J connectivity index is 0. The number of benzene rings is 1. The van der Waals surface area contributed by atoms with E-state index in [-0.39, 0.29) is 36.3 Å². The number of phenolic OH excluding ortho intramolecular Hbond substituents is 1. The third kappa shape index (κ3) is 3.01. The van der Waals surface area contributed by atoms with Gasteiger partial charge in [-0.3, -0.25) is 10.1 Å². The first-order valence-electron chi connectivity index (χ1n) is 3.14. The van der Waals surface area contributed by atoms with E-state index in [0.29, 0.717) is 0 Å². The molecule has 0 spiro atoms. The molecule has 1 aromatic carbocycles. The first-order chi connectivity index (χ1) is 6.02. The summed E-state index contributed by atoms with van der Waals surface area (Å²) in [4.78, 5) is 19.8. The van der Waals surface area contributed by atoms with Crippen molar-refractivity contribution in [1.82, 2.24) is 0 Å². The number of nitrogens with zero attached hydrogens (tertiary/aromatic N) is 1. The molecule has 8 heteroatoms. The molecule has 0 saturated carbocycles. The molecule has 0 aromatic heterocycles. The predicted octanol–water partition coefficient (Wildman–Crippen LogP) is -2.86. The molecule has 0 amide bonds. The number of nitro groups is 1. The van der Waals surface area contributed by atoms with E-state index in [4.69, 9.17) is 5.11 Å². The van der Waals surface area contributed by atoms with Crippen molar-refractivity contribution in [3.05, 3.63) is 28.3 Å². The second-order valence-corrected chi connectivity index (χ2v) is 3.22. The largest absolute Gasteiger partial charge is 1.00 e. The fraction of sp³-hybridized carbons (Fsp3) is 0. The average Bonchev–Trinajstić information content (AvgIpc) is 2.04. The van der Waals surface area contributed by atoms with Gasteiger partial charge in [-0.2, -0.15) is 0 Å². The zero-order valence-corrected chi connectivity index (χ0v) is 10.1. The molecule has 1 rings (SSSR count). The van der Waals surface area contributed by atoms with E-state index >= 15 is 0 Å². The number of aromatic hydroxyl groups is 1. The molecule has 1 unspecified atom stereocenters. The third-order valence-electron chi connectivity index (χ3n) is 1.37. The Morgan fingerprint density at radius 3 is 2.50 bits per heavy atom. The molecule has 0 fully saturated rings. The second kappa shape index (κ2) is 5.38. The van der Waals surface area contributed by atoms with Gasteiger partial charge >= 0.3 is 43.3 Å². The number of hydrogen-bond donors (Lipinski definition) is 1. The number of hydrogen-bond acceptors (Lipinski definition) is 5. The van der Waals surface area contributed by atoms with E-state index in [1.807, 2.05) is 0 Å². The Kier molecular flexibility index (Phi) is 5.18. The molecule has 14 heavy (non-hydrogen) atoms. The SMILES string of the molecule is O=[N+]([O-])c1cc([P+](=O)[O-])ccc1O.[H-].[Na+]. The Hall–Kier alpha value is -0.520. The van der Waals surface area contributed by atoms with Gasteiger partial charge in [-0.15, -0.1) is 0 Å². The van der Waals surface area contributed by atoms with Crippen LogP contribution in [-0.2, 0) is 4.57 Å². The van der Waals surface area contributed by atoms with E-state index in [1.54, 1.807) is 0 Å². The molecule has 1 atom stereocenters. The second-order valence-electron chi connectivity index (χ2n) is 2.19. The van der Waals surface area contributed by atoms with Crippen LogP contribution in [0.5, 0.6) is 5.75 Å². The van der Waals surface area contributed by atoms with Crippen LogP contribution >= 0.6 is 8.03 Å². The Morgan fingerprint density at radius 2 is 2.07 bits per heavy atom. The van der Waals surface area contributed by atoms with Gasteiger partial charge in [0.05, 0.1) is 11.0 Å². The van der Waals surface area contributed by atoms with Gasteiger partial charge in [-0.05, 0) is 12.1 Å². The van der Waals surface area contributed by atoms with Crippen LogP contribution in [0.3, 0.4) is 0 Å². The summed E-state index contributed by atoms with van der Waals surface area (Å²) >= 11 is 0. The first kappa shape index (κ1) is 13.5. The molecule has 0 saturated heterocycles. The van der Waals surface area contributed by atoms with Crippen LogP contribution in [0.15, 0.2) is 18.2 Å². The molecule has 70 valence electrons. The molecule has 0 bridgehead atoms. The molecule has 0 radical (unpaired) electrons. The van der Waals surface area contributed by atoms with Crippen LogP contribution in [0.1, 0.15) is 1.43 Å². The molecule has 0 aliphatic carbocycles. The van der Waals surface area contributed by atoms with Crippen molar-refractivity contribution in [2.75, 3.05) is 0 Å². The van der Waals surface area contributed by atoms with Crippen LogP contribution in [0.4, 0.5) is 5.69 Å². The Morgan fingerprint density at radius 1 is 1.50 bits per heavy atom. The minimum absolute atomic E-state index is 0. The van der Waals surface area contributed by atoms with Crippen molar-refractivity contribution in [3.63, 3.8) is 0 Å². The van der Waals surface area contributed by atoms with E-state index < -0.39 is 24.4 Å². The molecule has 0 heterocycles. The minimum Gasteiger partial charge on any atom is -1.00 e. The maximum Gasteiger partial charge on any atom is 1.00 e. The molecular formula is C6H5NNaO5P. The van der Waals surface area contributed by atoms with Crippen LogP contribution in [0.25, 0.3) is 0 Å². The third-order valence-corrected chi connectivity index (χ3v) is 2.07. The molecule has 0 aliphatic heterocycles. The van der Waals surface area contributed by atoms with Gasteiger partial charge in [0, 0.05) is 0 Å². The number of rotatable bonds is 2. The average molecular weight is 225 g/mol. The predicted molar refractivity (Wildman–Crippen MR) is 43.1 cm³/mol. The summed E-state index contributed by atoms with van der Waals surface area (Å²) in [5, 5.41) is 19.0. The topological polar surface area (TPSA) is 104 Å². The monoisotopic (exact) mass is 225 g/mol. The minimum atomic E-state index is -2.86. The molecule has 0 aliphatic rings. The van der Waals surface area contributed by atoms with Crippen molar-refractivity contribution >= 4 is 19.0 Å². The summed E-state index contributed by atoms with van der Waals surface area (Å²) in [7, 11) is -2.86. The first-order valence-corrected chi connectivity index (χ1v) is 4.32. The quantitative estimate of drug-likeness (QED) is 0.252. The zero-order valence-electron chi connectivity index (χ0n) is 8.21. The smallest absolute Gasteiger partial charge is 1.00 e. The zero-order chi connectivity index (χ0) is 10.0. The van der Waals surface area contributed by atoms with Gasteiger partial charge in [0.25, 0.3) is 0 Å². The van der Waals surface area contributed by atoms with Crippen molar-refractivity contribution in [3.8, 4) is 5.75 Å². The fourth-order valence-electron chi connectivity index (χ4n) is 0.772. The Labute approximate surface area is 103 Å². The van der Waals surface area contributed by atoms with Crippen LogP contribution < -0.4 is 39.8 Å². The summed E-state index contributed by atoms with van der Waals surface area (Å²) in [6.45, 7) is 0. The van der Waals surface area contributed by atoms with Gasteiger partial charge in [0.2, 0.25) is 0 Å². The van der Waals surface area contributed by atoms with E-state index in [1.165, 1.54) is 0 Å². The van der Waals surface area contributed by atoms with Gasteiger partial charge < -0.3 is 11.4 Å². The summed E-state index contributed by atoms with van der Waals surface area (Å²) in [5.74, 6) is -0.550. The normalized spacial score (nSPS) is 10.2. The summed E-state index contributed by atoms with van der Waals surface area (Å²) < 4.78 is 10.4. The van der Waals surface area contributed by atoms with Gasteiger partial charge in [0.1, 0.15) is 0 Å². The number of nitro benzene ring substituents is 1. The van der Waals surface area contributed by atoms with Crippen molar-refractivity contribution in [1.29, 1.82) is 0 Å². The van der Waals surface area contributed by atoms with Crippen molar-refractivity contribution in [2.45, 2.75) is 0 Å². The molecular weight excluding hydrogens is 220 g/mol. The van der Waals surface area contributed by atoms with Gasteiger partial charge in [-0.25, -0.2) is 0 Å². The van der Waals surface area contributed by atoms with Crippen molar-refractivity contribution < 1.29 is 50.5 Å². The van der Waals surface area contributed by atoms with Crippen LogP contribution in [-0.4, -0.2) is 10.0 Å². The van der Waals surface area contributed by atoms with E-state index in [9.17, 15) is 19.6 Å². The van der Waals surface area contributed by atoms with E-state index in [0.717, 1.165) is 18.2 Å².